The smallest absolute Gasteiger partial charge is 0.298 e. The van der Waals surface area contributed by atoms with Gasteiger partial charge in [0.2, 0.25) is 0 Å². The molecule has 90 valence electrons. The fourth-order valence-electron chi connectivity index (χ4n) is 1.46. The van der Waals surface area contributed by atoms with Gasteiger partial charge < -0.3 is 14.4 Å². The van der Waals surface area contributed by atoms with Gasteiger partial charge in [-0.05, 0) is 46.9 Å². The minimum Gasteiger partial charge on any atom is -0.497 e. The summed E-state index contributed by atoms with van der Waals surface area (Å²) in [7, 11) is 3.60. The van der Waals surface area contributed by atoms with Crippen molar-refractivity contribution in [2.24, 2.45) is 4.99 Å². The minimum atomic E-state index is 0.623. The van der Waals surface area contributed by atoms with E-state index < -0.39 is 0 Å². The van der Waals surface area contributed by atoms with E-state index in [4.69, 9.17) is 9.47 Å². The van der Waals surface area contributed by atoms with Crippen molar-refractivity contribution in [1.82, 2.24) is 4.90 Å². The lowest BCUT2D eigenvalue weighted by molar-refractivity contribution is 0.414. The second kappa shape index (κ2) is 5.39. The van der Waals surface area contributed by atoms with E-state index >= 15 is 0 Å². The Morgan fingerprint density at radius 2 is 2.12 bits per heavy atom. The molecule has 1 aliphatic heterocycles. The SMILES string of the molecule is COc1ccc(N=C2O/C(=C\I)CN2C)cc1. The fraction of sp³-hybridized carbons (Fsp3) is 0.250. The summed E-state index contributed by atoms with van der Waals surface area (Å²) in [4.78, 5) is 6.40. The normalized spacial score (nSPS) is 19.8. The number of benzene rings is 1. The van der Waals surface area contributed by atoms with E-state index in [1.807, 2.05) is 40.3 Å². The van der Waals surface area contributed by atoms with Gasteiger partial charge in [0, 0.05) is 11.1 Å². The molecule has 0 bridgehead atoms. The first-order valence-corrected chi connectivity index (χ1v) is 6.38. The monoisotopic (exact) mass is 344 g/mol. The second-order valence-corrected chi connectivity index (χ2v) is 4.25. The van der Waals surface area contributed by atoms with Crippen molar-refractivity contribution in [3.63, 3.8) is 0 Å². The summed E-state index contributed by atoms with van der Waals surface area (Å²) in [6.45, 7) is 0.762. The Bertz CT molecular complexity index is 454. The van der Waals surface area contributed by atoms with E-state index in [9.17, 15) is 0 Å². The van der Waals surface area contributed by atoms with Gasteiger partial charge in [-0.2, -0.15) is 4.99 Å². The molecule has 2 rings (SSSR count). The van der Waals surface area contributed by atoms with Gasteiger partial charge in [-0.15, -0.1) is 0 Å². The van der Waals surface area contributed by atoms with Gasteiger partial charge in [-0.25, -0.2) is 0 Å². The highest BCUT2D eigenvalue weighted by atomic mass is 127. The predicted octanol–water partition coefficient (Wildman–Crippen LogP) is 2.92. The third-order valence-corrected chi connectivity index (χ3v) is 3.06. The molecule has 0 spiro atoms. The summed E-state index contributed by atoms with van der Waals surface area (Å²) in [5.74, 6) is 1.74. The van der Waals surface area contributed by atoms with E-state index in [1.165, 1.54) is 0 Å². The van der Waals surface area contributed by atoms with E-state index in [0.29, 0.717) is 6.02 Å². The van der Waals surface area contributed by atoms with Crippen LogP contribution < -0.4 is 4.74 Å². The standard InChI is InChI=1S/C12H13IN2O2/c1-15-8-11(7-13)17-12(15)14-9-3-5-10(16-2)6-4-9/h3-7H,8H2,1-2H3/b11-7-,14-12?. The van der Waals surface area contributed by atoms with Crippen LogP contribution in [0.4, 0.5) is 5.69 Å². The summed E-state index contributed by atoms with van der Waals surface area (Å²) in [6, 6.07) is 8.18. The lowest BCUT2D eigenvalue weighted by Gasteiger charge is -2.06. The zero-order valence-electron chi connectivity index (χ0n) is 9.68. The number of ether oxygens (including phenoxy) is 2. The predicted molar refractivity (Wildman–Crippen MR) is 75.9 cm³/mol. The van der Waals surface area contributed by atoms with Crippen LogP contribution in [0, 0.1) is 0 Å². The van der Waals surface area contributed by atoms with Crippen molar-refractivity contribution in [1.29, 1.82) is 0 Å². The van der Waals surface area contributed by atoms with Gasteiger partial charge >= 0.3 is 0 Å². The van der Waals surface area contributed by atoms with Crippen LogP contribution in [0.3, 0.4) is 0 Å². The summed E-state index contributed by atoms with van der Waals surface area (Å²) in [5, 5.41) is 0. The molecular formula is C12H13IN2O2. The molecule has 1 fully saturated rings. The van der Waals surface area contributed by atoms with Crippen molar-refractivity contribution in [2.45, 2.75) is 0 Å². The summed E-state index contributed by atoms with van der Waals surface area (Å²) in [6.07, 6.45) is 0. The molecule has 0 radical (unpaired) electrons. The van der Waals surface area contributed by atoms with Crippen LogP contribution in [0.1, 0.15) is 0 Å². The van der Waals surface area contributed by atoms with Crippen LogP contribution in [0.5, 0.6) is 5.75 Å². The third kappa shape index (κ3) is 2.91. The van der Waals surface area contributed by atoms with Gasteiger partial charge in [-0.3, -0.25) is 0 Å². The largest absolute Gasteiger partial charge is 0.497 e. The van der Waals surface area contributed by atoms with Crippen molar-refractivity contribution >= 4 is 34.3 Å². The molecule has 0 unspecified atom stereocenters. The van der Waals surface area contributed by atoms with Crippen LogP contribution in [0.15, 0.2) is 39.1 Å². The molecule has 0 saturated carbocycles. The number of rotatable bonds is 2. The van der Waals surface area contributed by atoms with Gasteiger partial charge in [0.1, 0.15) is 11.5 Å². The minimum absolute atomic E-state index is 0.623. The summed E-state index contributed by atoms with van der Waals surface area (Å²) < 4.78 is 12.6. The Hall–Kier alpha value is -1.24. The molecule has 1 saturated heterocycles. The molecule has 0 atom stereocenters. The summed E-state index contributed by atoms with van der Waals surface area (Å²) >= 11 is 2.16. The fourth-order valence-corrected chi connectivity index (χ4v) is 1.79. The van der Waals surface area contributed by atoms with Gasteiger partial charge in [0.25, 0.3) is 6.02 Å². The first kappa shape index (κ1) is 12.2. The maximum atomic E-state index is 5.58. The van der Waals surface area contributed by atoms with Crippen molar-refractivity contribution in [3.05, 3.63) is 34.1 Å². The van der Waals surface area contributed by atoms with Crippen molar-refractivity contribution in [2.75, 3.05) is 20.7 Å². The number of hydrogen-bond donors (Lipinski definition) is 0. The molecule has 0 amide bonds. The quantitative estimate of drug-likeness (QED) is 0.774. The number of aliphatic imine (C=N–C) groups is 1. The maximum absolute atomic E-state index is 5.58. The van der Waals surface area contributed by atoms with E-state index in [2.05, 4.69) is 27.6 Å². The van der Waals surface area contributed by atoms with Crippen molar-refractivity contribution < 1.29 is 9.47 Å². The average molecular weight is 344 g/mol. The van der Waals surface area contributed by atoms with Crippen LogP contribution in [0.25, 0.3) is 0 Å². The summed E-state index contributed by atoms with van der Waals surface area (Å²) in [5.41, 5.74) is 0.849. The molecule has 0 aromatic heterocycles. The van der Waals surface area contributed by atoms with Gasteiger partial charge in [0.15, 0.2) is 0 Å². The number of amidine groups is 1. The molecule has 17 heavy (non-hydrogen) atoms. The maximum Gasteiger partial charge on any atom is 0.298 e. The lowest BCUT2D eigenvalue weighted by Crippen LogP contribution is -2.19. The Morgan fingerprint density at radius 3 is 2.65 bits per heavy atom. The van der Waals surface area contributed by atoms with E-state index in [-0.39, 0.29) is 0 Å². The number of halogens is 1. The zero-order chi connectivity index (χ0) is 12.3. The molecule has 4 nitrogen and oxygen atoms in total. The molecule has 0 aliphatic carbocycles. The third-order valence-electron chi connectivity index (χ3n) is 2.36. The Balaban J connectivity index is 2.18. The molecule has 1 aromatic rings. The number of likely N-dealkylation sites (N-methyl/N-ethyl adjacent to an activating group) is 1. The molecule has 1 aromatic carbocycles. The topological polar surface area (TPSA) is 34.1 Å². The Labute approximate surface area is 114 Å². The molecule has 1 heterocycles. The molecule has 0 N–H and O–H groups in total. The first-order valence-electron chi connectivity index (χ1n) is 5.14. The molecule has 5 heteroatoms. The average Bonchev–Trinajstić information content (AvgIpc) is 2.71. The number of nitrogens with zero attached hydrogens (tertiary/aromatic N) is 2. The number of methoxy groups -OCH3 is 1. The van der Waals surface area contributed by atoms with E-state index in [1.54, 1.807) is 7.11 Å². The molecular weight excluding hydrogens is 331 g/mol. The zero-order valence-corrected chi connectivity index (χ0v) is 11.8. The van der Waals surface area contributed by atoms with Crippen LogP contribution in [-0.4, -0.2) is 31.6 Å². The molecule has 1 aliphatic rings. The lowest BCUT2D eigenvalue weighted by atomic mass is 10.3. The van der Waals surface area contributed by atoms with Crippen molar-refractivity contribution in [3.8, 4) is 5.75 Å². The Morgan fingerprint density at radius 1 is 1.41 bits per heavy atom. The van der Waals surface area contributed by atoms with Crippen LogP contribution in [0.2, 0.25) is 0 Å². The Kier molecular flexibility index (Phi) is 3.88. The van der Waals surface area contributed by atoms with Gasteiger partial charge in [0.05, 0.1) is 19.3 Å². The van der Waals surface area contributed by atoms with Crippen LogP contribution in [-0.2, 0) is 4.74 Å². The highest BCUT2D eigenvalue weighted by Gasteiger charge is 2.20. The van der Waals surface area contributed by atoms with E-state index in [0.717, 1.165) is 23.7 Å². The number of hydrogen-bond acceptors (Lipinski definition) is 3. The highest BCUT2D eigenvalue weighted by Crippen LogP contribution is 2.21. The highest BCUT2D eigenvalue weighted by molar-refractivity contribution is 14.1. The van der Waals surface area contributed by atoms with Gasteiger partial charge in [-0.1, -0.05) is 0 Å². The first-order chi connectivity index (χ1) is 8.22. The van der Waals surface area contributed by atoms with Crippen LogP contribution >= 0.6 is 22.6 Å². The second-order valence-electron chi connectivity index (χ2n) is 3.63.